The van der Waals surface area contributed by atoms with Crippen LogP contribution in [0.25, 0.3) is 0 Å². The highest BCUT2D eigenvalue weighted by Gasteiger charge is 2.37. The van der Waals surface area contributed by atoms with Gasteiger partial charge in [0.1, 0.15) is 0 Å². The van der Waals surface area contributed by atoms with Crippen LogP contribution in [0.5, 0.6) is 0 Å². The summed E-state index contributed by atoms with van der Waals surface area (Å²) in [5.74, 6) is -0.968. The van der Waals surface area contributed by atoms with Crippen LogP contribution in [0.1, 0.15) is 17.3 Å². The minimum Gasteiger partial charge on any atom is -0.436 e. The molecule has 0 fully saturated rings. The summed E-state index contributed by atoms with van der Waals surface area (Å²) in [6, 6.07) is 0. The van der Waals surface area contributed by atoms with E-state index in [4.69, 9.17) is 0 Å². The zero-order valence-corrected chi connectivity index (χ0v) is 6.70. The van der Waals surface area contributed by atoms with Crippen molar-refractivity contribution in [3.8, 4) is 0 Å². The first-order chi connectivity index (χ1) is 4.91. The number of oxazole rings is 1. The maximum atomic E-state index is 11.9. The van der Waals surface area contributed by atoms with Gasteiger partial charge in [0.25, 0.3) is 0 Å². The summed E-state index contributed by atoms with van der Waals surface area (Å²) in [5, 5.41) is 0. The Morgan fingerprint density at radius 2 is 1.75 bits per heavy atom. The van der Waals surface area contributed by atoms with Gasteiger partial charge in [-0.05, 0) is 6.92 Å². The predicted molar refractivity (Wildman–Crippen MR) is 36.0 cm³/mol. The van der Waals surface area contributed by atoms with Crippen LogP contribution in [0, 0.1) is 13.8 Å². The molecule has 0 radical (unpaired) electrons. The molecule has 0 aliphatic rings. The number of hydrogen-bond acceptors (Lipinski definition) is 3. The van der Waals surface area contributed by atoms with Crippen molar-refractivity contribution >= 4 is 0 Å². The third-order valence-electron chi connectivity index (χ3n) is 1.16. The van der Waals surface area contributed by atoms with Gasteiger partial charge in [0, 0.05) is 6.92 Å². The zero-order chi connectivity index (χ0) is 8.65. The van der Waals surface area contributed by atoms with Gasteiger partial charge in [0.2, 0.25) is 5.76 Å². The molecule has 3 nitrogen and oxygen atoms in total. The summed E-state index contributed by atoms with van der Waals surface area (Å²) >= 11 is 0. The van der Waals surface area contributed by atoms with E-state index < -0.39 is 11.9 Å². The first kappa shape index (κ1) is 11.0. The number of aromatic nitrogens is 1. The number of nitrogens with zero attached hydrogens (tertiary/aromatic N) is 1. The molecule has 1 rings (SSSR count). The van der Waals surface area contributed by atoms with Crippen LogP contribution in [-0.2, 0) is 6.18 Å². The van der Waals surface area contributed by atoms with Gasteiger partial charge in [-0.2, -0.15) is 13.2 Å². The summed E-state index contributed by atoms with van der Waals surface area (Å²) in [7, 11) is 0. The molecule has 0 unspecified atom stereocenters. The lowest BCUT2D eigenvalue weighted by molar-refractivity contribution is -0.153. The molecule has 1 aromatic heterocycles. The van der Waals surface area contributed by atoms with E-state index in [2.05, 4.69) is 9.40 Å². The number of rotatable bonds is 0. The van der Waals surface area contributed by atoms with Gasteiger partial charge >= 0.3 is 6.18 Å². The van der Waals surface area contributed by atoms with E-state index in [0.717, 1.165) is 0 Å². The Bertz CT molecular complexity index is 266. The Morgan fingerprint density at radius 3 is 1.92 bits per heavy atom. The number of alkyl halides is 3. The van der Waals surface area contributed by atoms with E-state index in [1.807, 2.05) is 0 Å². The highest BCUT2D eigenvalue weighted by atomic mass is 19.4. The van der Waals surface area contributed by atoms with Gasteiger partial charge in [-0.15, -0.1) is 0 Å². The number of aryl methyl sites for hydroxylation is 2. The Hall–Kier alpha value is -1.04. The van der Waals surface area contributed by atoms with E-state index in [-0.39, 0.29) is 17.7 Å². The minimum atomic E-state index is -4.43. The topological polar surface area (TPSA) is 61.0 Å². The van der Waals surface area contributed by atoms with Crippen molar-refractivity contribution < 1.29 is 17.6 Å². The summed E-state index contributed by atoms with van der Waals surface area (Å²) in [6.45, 7) is 2.64. The summed E-state index contributed by atoms with van der Waals surface area (Å²) in [5.41, 5.74) is -0.116. The van der Waals surface area contributed by atoms with E-state index >= 15 is 0 Å². The van der Waals surface area contributed by atoms with Crippen LogP contribution in [0.15, 0.2) is 4.42 Å². The lowest BCUT2D eigenvalue weighted by Crippen LogP contribution is -2.04. The third kappa shape index (κ3) is 1.97. The summed E-state index contributed by atoms with van der Waals surface area (Å²) in [4.78, 5) is 3.49. The van der Waals surface area contributed by atoms with Crippen molar-refractivity contribution in [2.24, 2.45) is 0 Å². The number of halogens is 3. The Labute approximate surface area is 67.2 Å². The van der Waals surface area contributed by atoms with E-state index in [0.29, 0.717) is 0 Å². The molecule has 0 spiro atoms. The van der Waals surface area contributed by atoms with Crippen molar-refractivity contribution in [1.82, 2.24) is 11.1 Å². The van der Waals surface area contributed by atoms with Crippen molar-refractivity contribution in [3.63, 3.8) is 0 Å². The van der Waals surface area contributed by atoms with Crippen molar-refractivity contribution in [1.29, 1.82) is 0 Å². The van der Waals surface area contributed by atoms with Crippen LogP contribution in [0.3, 0.4) is 0 Å². The molecule has 6 heteroatoms. The van der Waals surface area contributed by atoms with E-state index in [1.54, 1.807) is 0 Å². The molecule has 3 N–H and O–H groups in total. The average Bonchev–Trinajstić information content (AvgIpc) is 2.08. The first-order valence-electron chi connectivity index (χ1n) is 2.92. The second kappa shape index (κ2) is 3.14. The largest absolute Gasteiger partial charge is 0.451 e. The van der Waals surface area contributed by atoms with Crippen LogP contribution in [0.4, 0.5) is 13.2 Å². The Morgan fingerprint density at radius 1 is 1.25 bits per heavy atom. The molecule has 0 bridgehead atoms. The molecule has 0 aliphatic heterocycles. The Kier molecular flexibility index (Phi) is 2.87. The van der Waals surface area contributed by atoms with Crippen molar-refractivity contribution in [2.45, 2.75) is 20.0 Å². The molecule has 12 heavy (non-hydrogen) atoms. The maximum absolute atomic E-state index is 11.9. The molecule has 1 heterocycles. The lowest BCUT2D eigenvalue weighted by atomic mass is 10.4. The molecule has 0 saturated heterocycles. The molecule has 1 aromatic rings. The molecular weight excluding hydrogens is 173 g/mol. The second-order valence-corrected chi connectivity index (χ2v) is 2.15. The van der Waals surface area contributed by atoms with Crippen molar-refractivity contribution in [2.75, 3.05) is 0 Å². The maximum Gasteiger partial charge on any atom is 0.451 e. The fourth-order valence-electron chi connectivity index (χ4n) is 0.794. The molecule has 0 amide bonds. The summed E-state index contributed by atoms with van der Waals surface area (Å²) < 4.78 is 40.1. The van der Waals surface area contributed by atoms with Gasteiger partial charge < -0.3 is 10.6 Å². The number of hydrogen-bond donors (Lipinski definition) is 1. The van der Waals surface area contributed by atoms with E-state index in [1.165, 1.54) is 13.8 Å². The highest BCUT2D eigenvalue weighted by molar-refractivity contribution is 5.10. The fourth-order valence-corrected chi connectivity index (χ4v) is 0.794. The van der Waals surface area contributed by atoms with Crippen LogP contribution >= 0.6 is 0 Å². The fraction of sp³-hybridized carbons (Fsp3) is 0.500. The molecule has 70 valence electrons. The smallest absolute Gasteiger partial charge is 0.436 e. The third-order valence-corrected chi connectivity index (χ3v) is 1.16. The first-order valence-corrected chi connectivity index (χ1v) is 2.92. The normalized spacial score (nSPS) is 11.1. The molecule has 0 aromatic carbocycles. The second-order valence-electron chi connectivity index (χ2n) is 2.15. The SMILES string of the molecule is Cc1nc(C)c(C(F)(F)F)o1.N. The van der Waals surface area contributed by atoms with Crippen LogP contribution in [-0.4, -0.2) is 4.98 Å². The molecule has 0 atom stereocenters. The predicted octanol–water partition coefficient (Wildman–Crippen LogP) is 2.47. The van der Waals surface area contributed by atoms with Gasteiger partial charge in [0.15, 0.2) is 5.89 Å². The molecular formula is C6H9F3N2O. The zero-order valence-electron chi connectivity index (χ0n) is 6.70. The average molecular weight is 182 g/mol. The minimum absolute atomic E-state index is 0. The van der Waals surface area contributed by atoms with Gasteiger partial charge in [-0.3, -0.25) is 0 Å². The quantitative estimate of drug-likeness (QED) is 0.670. The van der Waals surface area contributed by atoms with Crippen LogP contribution < -0.4 is 6.15 Å². The molecule has 0 aliphatic carbocycles. The van der Waals surface area contributed by atoms with Gasteiger partial charge in [-0.25, -0.2) is 4.98 Å². The van der Waals surface area contributed by atoms with E-state index in [9.17, 15) is 13.2 Å². The van der Waals surface area contributed by atoms with Crippen molar-refractivity contribution in [3.05, 3.63) is 17.3 Å². The Balaban J connectivity index is 0.00000121. The van der Waals surface area contributed by atoms with Gasteiger partial charge in [0.05, 0.1) is 5.69 Å². The highest BCUT2D eigenvalue weighted by Crippen LogP contribution is 2.31. The van der Waals surface area contributed by atoms with Gasteiger partial charge in [-0.1, -0.05) is 0 Å². The molecule has 0 saturated carbocycles. The van der Waals surface area contributed by atoms with Crippen LogP contribution in [0.2, 0.25) is 0 Å². The standard InChI is InChI=1S/C6H6F3NO.H3N/c1-3-5(6(7,8)9)11-4(2)10-3;/h1-2H3;1H3. The summed E-state index contributed by atoms with van der Waals surface area (Å²) in [6.07, 6.45) is -4.43. The monoisotopic (exact) mass is 182 g/mol. The lowest BCUT2D eigenvalue weighted by Gasteiger charge is -2.00.